The molecule has 0 aliphatic heterocycles. The molecule has 154 valence electrons. The van der Waals surface area contributed by atoms with E-state index in [-0.39, 0.29) is 5.69 Å². The minimum absolute atomic E-state index is 0.0791. The predicted octanol–water partition coefficient (Wildman–Crippen LogP) is 3.52. The standard InChI is InChI=1S/C21H24N2O6/c1-28-21(25)22-19(20(24)17-10-12-18(13-11-17)23(26)27)9-5-6-14-29-15-16-7-3-2-4-8-16/h2-5,7-13,19-20,24H,6,14-15H2,1H3,(H,22,25)/b9-5-/t19-,20+/m1/s1. The highest BCUT2D eigenvalue weighted by atomic mass is 16.6. The van der Waals surface area contributed by atoms with E-state index in [2.05, 4.69) is 10.1 Å². The molecule has 0 unspecified atom stereocenters. The molecule has 29 heavy (non-hydrogen) atoms. The van der Waals surface area contributed by atoms with Gasteiger partial charge in [0.15, 0.2) is 0 Å². The lowest BCUT2D eigenvalue weighted by atomic mass is 10.0. The second-order valence-corrected chi connectivity index (χ2v) is 6.21. The molecule has 8 heteroatoms. The van der Waals surface area contributed by atoms with Gasteiger partial charge in [-0.25, -0.2) is 4.79 Å². The van der Waals surface area contributed by atoms with E-state index in [1.165, 1.54) is 31.4 Å². The Hall–Kier alpha value is -3.23. The van der Waals surface area contributed by atoms with Crippen molar-refractivity contribution in [3.8, 4) is 0 Å². The van der Waals surface area contributed by atoms with Crippen molar-refractivity contribution in [2.45, 2.75) is 25.2 Å². The lowest BCUT2D eigenvalue weighted by Crippen LogP contribution is -2.37. The van der Waals surface area contributed by atoms with Crippen LogP contribution in [0.1, 0.15) is 23.7 Å². The number of aliphatic hydroxyl groups excluding tert-OH is 1. The number of hydrogen-bond acceptors (Lipinski definition) is 6. The fraction of sp³-hybridized carbons (Fsp3) is 0.286. The molecule has 2 atom stereocenters. The van der Waals surface area contributed by atoms with E-state index < -0.39 is 23.2 Å². The Morgan fingerprint density at radius 3 is 2.52 bits per heavy atom. The summed E-state index contributed by atoms with van der Waals surface area (Å²) in [5, 5.41) is 23.9. The lowest BCUT2D eigenvalue weighted by Gasteiger charge is -2.21. The minimum Gasteiger partial charge on any atom is -0.453 e. The molecule has 2 N–H and O–H groups in total. The van der Waals surface area contributed by atoms with Gasteiger partial charge in [0.25, 0.3) is 5.69 Å². The van der Waals surface area contributed by atoms with Gasteiger partial charge >= 0.3 is 6.09 Å². The number of nitrogens with zero attached hydrogens (tertiary/aromatic N) is 1. The summed E-state index contributed by atoms with van der Waals surface area (Å²) in [6.07, 6.45) is 2.23. The van der Waals surface area contributed by atoms with Crippen LogP contribution < -0.4 is 5.32 Å². The largest absolute Gasteiger partial charge is 0.453 e. The normalized spacial score (nSPS) is 13.0. The molecule has 0 aromatic heterocycles. The molecule has 0 saturated heterocycles. The topological polar surface area (TPSA) is 111 Å². The first-order valence-electron chi connectivity index (χ1n) is 9.06. The van der Waals surface area contributed by atoms with Crippen LogP contribution in [0.4, 0.5) is 10.5 Å². The van der Waals surface area contributed by atoms with E-state index >= 15 is 0 Å². The summed E-state index contributed by atoms with van der Waals surface area (Å²) in [5.74, 6) is 0. The van der Waals surface area contributed by atoms with Crippen LogP contribution in [-0.4, -0.2) is 35.9 Å². The van der Waals surface area contributed by atoms with Crippen LogP contribution in [0.5, 0.6) is 0 Å². The molecule has 8 nitrogen and oxygen atoms in total. The van der Waals surface area contributed by atoms with Crippen LogP contribution in [0.25, 0.3) is 0 Å². The number of ether oxygens (including phenoxy) is 2. The van der Waals surface area contributed by atoms with Crippen molar-refractivity contribution in [3.05, 3.63) is 88.0 Å². The molecule has 0 bridgehead atoms. The zero-order chi connectivity index (χ0) is 21.1. The maximum absolute atomic E-state index is 11.6. The van der Waals surface area contributed by atoms with Crippen LogP contribution in [0, 0.1) is 10.1 Å². The Balaban J connectivity index is 1.92. The van der Waals surface area contributed by atoms with E-state index in [0.717, 1.165) is 5.56 Å². The van der Waals surface area contributed by atoms with Gasteiger partial charge in [0.1, 0.15) is 6.10 Å². The number of nitro groups is 1. The number of aliphatic hydroxyl groups is 1. The quantitative estimate of drug-likeness (QED) is 0.273. The van der Waals surface area contributed by atoms with Gasteiger partial charge in [0, 0.05) is 12.1 Å². The van der Waals surface area contributed by atoms with Gasteiger partial charge in [-0.2, -0.15) is 0 Å². The molecule has 0 heterocycles. The second-order valence-electron chi connectivity index (χ2n) is 6.21. The van der Waals surface area contributed by atoms with Crippen molar-refractivity contribution in [2.75, 3.05) is 13.7 Å². The van der Waals surface area contributed by atoms with E-state index in [1.54, 1.807) is 12.2 Å². The van der Waals surface area contributed by atoms with Crippen LogP contribution in [0.3, 0.4) is 0 Å². The maximum Gasteiger partial charge on any atom is 0.407 e. The van der Waals surface area contributed by atoms with E-state index in [9.17, 15) is 20.0 Å². The first-order valence-corrected chi connectivity index (χ1v) is 9.06. The third kappa shape index (κ3) is 7.36. The SMILES string of the molecule is COC(=O)N[C@H](/C=C\CCOCc1ccccc1)[C@@H](O)c1ccc([N+](=O)[O-])cc1. The van der Waals surface area contributed by atoms with Crippen LogP contribution in [-0.2, 0) is 16.1 Å². The molecule has 2 aromatic rings. The number of hydrogen-bond donors (Lipinski definition) is 2. The second kappa shape index (κ2) is 11.6. The molecule has 0 spiro atoms. The highest BCUT2D eigenvalue weighted by molar-refractivity contribution is 5.67. The summed E-state index contributed by atoms with van der Waals surface area (Å²) >= 11 is 0. The summed E-state index contributed by atoms with van der Waals surface area (Å²) in [6, 6.07) is 14.5. The lowest BCUT2D eigenvalue weighted by molar-refractivity contribution is -0.384. The van der Waals surface area contributed by atoms with Crippen molar-refractivity contribution in [3.63, 3.8) is 0 Å². The summed E-state index contributed by atoms with van der Waals surface area (Å²) in [6.45, 7) is 0.980. The van der Waals surface area contributed by atoms with Crippen molar-refractivity contribution < 1.29 is 24.3 Å². The molecular weight excluding hydrogens is 376 g/mol. The Morgan fingerprint density at radius 2 is 1.90 bits per heavy atom. The minimum atomic E-state index is -1.10. The first kappa shape index (κ1) is 22.1. The number of carbonyl (C=O) groups excluding carboxylic acids is 1. The van der Waals surface area contributed by atoms with Crippen LogP contribution in [0.2, 0.25) is 0 Å². The van der Waals surface area contributed by atoms with E-state index in [1.807, 2.05) is 30.3 Å². The summed E-state index contributed by atoms with van der Waals surface area (Å²) < 4.78 is 10.2. The van der Waals surface area contributed by atoms with E-state index in [4.69, 9.17) is 4.74 Å². The van der Waals surface area contributed by atoms with Gasteiger partial charge in [-0.1, -0.05) is 42.5 Å². The number of benzene rings is 2. The summed E-state index contributed by atoms with van der Waals surface area (Å²) in [4.78, 5) is 21.8. The van der Waals surface area contributed by atoms with Crippen molar-refractivity contribution in [1.29, 1.82) is 0 Å². The molecule has 2 aromatic carbocycles. The Labute approximate surface area is 168 Å². The van der Waals surface area contributed by atoms with Crippen molar-refractivity contribution in [1.82, 2.24) is 5.32 Å². The average molecular weight is 400 g/mol. The third-order valence-corrected chi connectivity index (χ3v) is 4.14. The average Bonchev–Trinajstić information content (AvgIpc) is 2.75. The number of rotatable bonds is 10. The molecule has 2 rings (SSSR count). The zero-order valence-electron chi connectivity index (χ0n) is 16.1. The molecule has 0 fully saturated rings. The van der Waals surface area contributed by atoms with Crippen LogP contribution in [0.15, 0.2) is 66.7 Å². The van der Waals surface area contributed by atoms with Gasteiger partial charge in [-0.3, -0.25) is 10.1 Å². The molecule has 0 aliphatic carbocycles. The Kier molecular flexibility index (Phi) is 8.81. The van der Waals surface area contributed by atoms with Crippen molar-refractivity contribution in [2.24, 2.45) is 0 Å². The first-order chi connectivity index (χ1) is 14.0. The smallest absolute Gasteiger partial charge is 0.407 e. The maximum atomic E-state index is 11.6. The highest BCUT2D eigenvalue weighted by Crippen LogP contribution is 2.21. The van der Waals surface area contributed by atoms with Gasteiger partial charge in [-0.15, -0.1) is 0 Å². The van der Waals surface area contributed by atoms with Gasteiger partial charge in [0.2, 0.25) is 0 Å². The number of nitrogens with one attached hydrogen (secondary N) is 1. The van der Waals surface area contributed by atoms with Crippen molar-refractivity contribution >= 4 is 11.8 Å². The number of nitro benzene ring substituents is 1. The number of carbonyl (C=O) groups is 1. The summed E-state index contributed by atoms with van der Waals surface area (Å²) in [7, 11) is 1.23. The number of alkyl carbamates (subject to hydrolysis) is 1. The van der Waals surface area contributed by atoms with Crippen LogP contribution >= 0.6 is 0 Å². The number of amides is 1. The fourth-order valence-corrected chi connectivity index (χ4v) is 2.59. The van der Waals surface area contributed by atoms with E-state index in [0.29, 0.717) is 25.2 Å². The monoisotopic (exact) mass is 400 g/mol. The molecular formula is C21H24N2O6. The highest BCUT2D eigenvalue weighted by Gasteiger charge is 2.21. The number of methoxy groups -OCH3 is 1. The third-order valence-electron chi connectivity index (χ3n) is 4.14. The summed E-state index contributed by atoms with van der Waals surface area (Å²) in [5.41, 5.74) is 1.43. The Bertz CT molecular complexity index is 808. The zero-order valence-corrected chi connectivity index (χ0v) is 16.1. The molecule has 0 saturated carbocycles. The predicted molar refractivity (Wildman–Crippen MR) is 107 cm³/mol. The fourth-order valence-electron chi connectivity index (χ4n) is 2.59. The molecule has 0 radical (unpaired) electrons. The number of non-ortho nitro benzene ring substituents is 1. The molecule has 0 aliphatic rings. The van der Waals surface area contributed by atoms with Gasteiger partial charge in [-0.05, 0) is 29.7 Å². The van der Waals surface area contributed by atoms with Gasteiger partial charge < -0.3 is 19.9 Å². The Morgan fingerprint density at radius 1 is 1.21 bits per heavy atom. The van der Waals surface area contributed by atoms with Gasteiger partial charge in [0.05, 0.1) is 31.3 Å². The molecule has 1 amide bonds.